The van der Waals surface area contributed by atoms with Gasteiger partial charge in [0.2, 0.25) is 5.28 Å². The molecule has 0 radical (unpaired) electrons. The summed E-state index contributed by atoms with van der Waals surface area (Å²) in [6.07, 6.45) is 8.43. The zero-order valence-corrected chi connectivity index (χ0v) is 21.6. The quantitative estimate of drug-likeness (QED) is 0.169. The summed E-state index contributed by atoms with van der Waals surface area (Å²) in [7, 11) is 0. The van der Waals surface area contributed by atoms with E-state index in [1.165, 1.54) is 6.33 Å². The number of aliphatic hydroxyl groups is 1. The molecule has 1 aliphatic heterocycles. The van der Waals surface area contributed by atoms with Gasteiger partial charge in [0.1, 0.15) is 24.5 Å². The normalized spacial score (nSPS) is 20.8. The molecular formula is C26H28ClN5O6. The largest absolute Gasteiger partial charge is 0.461 e. The van der Waals surface area contributed by atoms with Gasteiger partial charge in [-0.05, 0) is 24.1 Å². The number of hydrogen-bond acceptors (Lipinski definition) is 10. The first kappa shape index (κ1) is 27.3. The number of rotatable bonds is 10. The number of imidazole rings is 1. The summed E-state index contributed by atoms with van der Waals surface area (Å²) in [6, 6.07) is 6.64. The minimum absolute atomic E-state index is 0.0780. The number of aromatic nitrogens is 4. The molecule has 3 heterocycles. The van der Waals surface area contributed by atoms with E-state index in [9.17, 15) is 14.7 Å². The molecule has 2 aromatic heterocycles. The van der Waals surface area contributed by atoms with Crippen molar-refractivity contribution in [3.8, 4) is 12.3 Å². The van der Waals surface area contributed by atoms with Gasteiger partial charge in [0.05, 0.1) is 18.5 Å². The summed E-state index contributed by atoms with van der Waals surface area (Å²) in [5.74, 6) is 1.50. The number of hydrogen-bond donors (Lipinski definition) is 2. The van der Waals surface area contributed by atoms with Crippen LogP contribution in [0, 0.1) is 12.3 Å². The second kappa shape index (κ2) is 11.8. The van der Waals surface area contributed by atoms with Gasteiger partial charge >= 0.3 is 11.9 Å². The fraction of sp³-hybridized carbons (Fsp3) is 0.423. The smallest absolute Gasteiger partial charge is 0.338 e. The van der Waals surface area contributed by atoms with Gasteiger partial charge in [0.25, 0.3) is 0 Å². The molecular weight excluding hydrogens is 514 g/mol. The number of nitrogens with zero attached hydrogens (tertiary/aromatic N) is 4. The van der Waals surface area contributed by atoms with Crippen LogP contribution in [-0.2, 0) is 25.6 Å². The number of carbonyl (C=O) groups is 2. The van der Waals surface area contributed by atoms with Crippen LogP contribution in [0.5, 0.6) is 0 Å². The Hall–Kier alpha value is -3.72. The van der Waals surface area contributed by atoms with E-state index in [2.05, 4.69) is 20.9 Å². The molecule has 38 heavy (non-hydrogen) atoms. The Labute approximate surface area is 224 Å². The molecule has 0 saturated carbocycles. The van der Waals surface area contributed by atoms with Gasteiger partial charge in [-0.3, -0.25) is 9.36 Å². The Morgan fingerprint density at radius 3 is 2.87 bits per heavy atom. The third-order valence-electron chi connectivity index (χ3n) is 6.35. The summed E-state index contributed by atoms with van der Waals surface area (Å²) in [4.78, 5) is 37.6. The highest BCUT2D eigenvalue weighted by Crippen LogP contribution is 2.40. The number of halogens is 1. The van der Waals surface area contributed by atoms with Gasteiger partial charge < -0.3 is 25.1 Å². The molecule has 1 saturated heterocycles. The maximum atomic E-state index is 13.2. The van der Waals surface area contributed by atoms with E-state index in [1.54, 1.807) is 28.8 Å². The summed E-state index contributed by atoms with van der Waals surface area (Å²) in [6.45, 7) is 1.36. The van der Waals surface area contributed by atoms with E-state index >= 15 is 0 Å². The van der Waals surface area contributed by atoms with E-state index in [-0.39, 0.29) is 35.7 Å². The molecule has 0 aliphatic carbocycles. The van der Waals surface area contributed by atoms with Crippen molar-refractivity contribution >= 4 is 40.5 Å². The lowest BCUT2D eigenvalue weighted by atomic mass is 9.98. The maximum Gasteiger partial charge on any atom is 0.338 e. The first-order valence-electron chi connectivity index (χ1n) is 12.2. The Morgan fingerprint density at radius 1 is 1.34 bits per heavy atom. The van der Waals surface area contributed by atoms with Crippen molar-refractivity contribution in [2.75, 3.05) is 12.3 Å². The zero-order valence-electron chi connectivity index (χ0n) is 20.8. The van der Waals surface area contributed by atoms with Gasteiger partial charge in [-0.1, -0.05) is 43.9 Å². The number of nitrogens with two attached hydrogens (primary N) is 1. The minimum Gasteiger partial charge on any atom is -0.461 e. The third kappa shape index (κ3) is 5.57. The Bertz CT molecular complexity index is 1370. The monoisotopic (exact) mass is 541 g/mol. The molecule has 3 N–H and O–H groups in total. The number of aliphatic hydroxyl groups excluding tert-OH is 1. The predicted octanol–water partition coefficient (Wildman–Crippen LogP) is 3.19. The van der Waals surface area contributed by atoms with E-state index in [1.807, 2.05) is 6.92 Å². The molecule has 3 atom stereocenters. The predicted molar refractivity (Wildman–Crippen MR) is 138 cm³/mol. The van der Waals surface area contributed by atoms with Crippen LogP contribution in [0.25, 0.3) is 11.2 Å². The highest BCUT2D eigenvalue weighted by molar-refractivity contribution is 6.28. The number of ether oxygens (including phenoxy) is 3. The van der Waals surface area contributed by atoms with Gasteiger partial charge in [-0.15, -0.1) is 6.42 Å². The van der Waals surface area contributed by atoms with Crippen LogP contribution in [0.3, 0.4) is 0 Å². The molecule has 3 aromatic rings. The number of benzene rings is 1. The molecule has 0 bridgehead atoms. The lowest BCUT2D eigenvalue weighted by molar-refractivity contribution is -0.145. The van der Waals surface area contributed by atoms with Crippen LogP contribution in [0.4, 0.5) is 5.82 Å². The van der Waals surface area contributed by atoms with Crippen LogP contribution in [0.1, 0.15) is 61.2 Å². The van der Waals surface area contributed by atoms with Crippen LogP contribution in [0.2, 0.25) is 5.28 Å². The SMILES string of the molecule is C#C[C@]1(CO)O[C@@H](n2cnc3c(N)nc(Cl)nc32)C[C@@H]1OC(=O)c1ccccc1COC(=O)CCCCC. The van der Waals surface area contributed by atoms with Crippen molar-refractivity contribution in [3.63, 3.8) is 0 Å². The number of carbonyl (C=O) groups excluding carboxylic acids is 2. The van der Waals surface area contributed by atoms with Crippen LogP contribution in [-0.4, -0.2) is 54.9 Å². The van der Waals surface area contributed by atoms with E-state index < -0.39 is 30.5 Å². The number of unbranched alkanes of at least 4 members (excludes halogenated alkanes) is 2. The minimum atomic E-state index is -1.63. The fourth-order valence-corrected chi connectivity index (χ4v) is 4.45. The first-order chi connectivity index (χ1) is 18.3. The second-order valence-electron chi connectivity index (χ2n) is 8.87. The molecule has 1 aliphatic rings. The first-order valence-corrected chi connectivity index (χ1v) is 12.6. The number of terminal acetylenes is 1. The topological polar surface area (TPSA) is 152 Å². The van der Waals surface area contributed by atoms with Gasteiger partial charge in [0.15, 0.2) is 17.1 Å². The molecule has 200 valence electrons. The number of anilines is 1. The van der Waals surface area contributed by atoms with Gasteiger partial charge in [-0.25, -0.2) is 9.78 Å². The maximum absolute atomic E-state index is 13.2. The lowest BCUT2D eigenvalue weighted by Gasteiger charge is -2.27. The van der Waals surface area contributed by atoms with E-state index in [4.69, 9.17) is 38.0 Å². The number of fused-ring (bicyclic) bond motifs is 1. The molecule has 1 aromatic carbocycles. The van der Waals surface area contributed by atoms with Crippen molar-refractivity contribution in [2.45, 2.75) is 63.6 Å². The summed E-state index contributed by atoms with van der Waals surface area (Å²) >= 11 is 5.97. The van der Waals surface area contributed by atoms with Gasteiger partial charge in [-0.2, -0.15) is 9.97 Å². The van der Waals surface area contributed by atoms with Crippen molar-refractivity contribution in [1.29, 1.82) is 0 Å². The molecule has 12 heteroatoms. The van der Waals surface area contributed by atoms with E-state index in [0.29, 0.717) is 23.1 Å². The van der Waals surface area contributed by atoms with Crippen LogP contribution >= 0.6 is 11.6 Å². The van der Waals surface area contributed by atoms with Crippen LogP contribution in [0.15, 0.2) is 30.6 Å². The third-order valence-corrected chi connectivity index (χ3v) is 6.52. The lowest BCUT2D eigenvalue weighted by Crippen LogP contribution is -2.44. The Balaban J connectivity index is 1.52. The molecule has 0 unspecified atom stereocenters. The molecule has 0 spiro atoms. The fourth-order valence-electron chi connectivity index (χ4n) is 4.27. The molecule has 0 amide bonds. The second-order valence-corrected chi connectivity index (χ2v) is 9.21. The van der Waals surface area contributed by atoms with Crippen molar-refractivity contribution in [3.05, 3.63) is 47.0 Å². The Morgan fingerprint density at radius 2 is 2.13 bits per heavy atom. The summed E-state index contributed by atoms with van der Waals surface area (Å²) in [5.41, 5.74) is 5.57. The number of esters is 2. The molecule has 1 fully saturated rings. The molecule has 11 nitrogen and oxygen atoms in total. The average molecular weight is 542 g/mol. The average Bonchev–Trinajstić information content (AvgIpc) is 3.49. The summed E-state index contributed by atoms with van der Waals surface area (Å²) < 4.78 is 18.7. The number of nitrogen functional groups attached to an aromatic ring is 1. The summed E-state index contributed by atoms with van der Waals surface area (Å²) in [5, 5.41) is 10.1. The van der Waals surface area contributed by atoms with Crippen molar-refractivity contribution < 1.29 is 28.9 Å². The van der Waals surface area contributed by atoms with Crippen molar-refractivity contribution in [2.24, 2.45) is 0 Å². The highest BCUT2D eigenvalue weighted by Gasteiger charge is 2.51. The van der Waals surface area contributed by atoms with Crippen LogP contribution < -0.4 is 5.73 Å². The highest BCUT2D eigenvalue weighted by atomic mass is 35.5. The molecule has 4 rings (SSSR count). The Kier molecular flexibility index (Phi) is 8.46. The van der Waals surface area contributed by atoms with Crippen molar-refractivity contribution in [1.82, 2.24) is 19.5 Å². The van der Waals surface area contributed by atoms with E-state index in [0.717, 1.165) is 19.3 Å². The van der Waals surface area contributed by atoms with Gasteiger partial charge in [0, 0.05) is 18.4 Å². The zero-order chi connectivity index (χ0) is 27.3. The standard InChI is InChI=1S/C26H28ClN5O6/c1-3-5-6-11-20(34)36-13-16-9-7-8-10-17(16)24(35)37-18-12-19(38-26(18,4-2)14-33)32-15-29-21-22(28)30-25(27)31-23(21)32/h2,7-10,15,18-19,33H,3,5-6,11-14H2,1H3,(H2,28,30,31)/t18-,19+,26+/m0/s1.